The Kier molecular flexibility index (Phi) is 12.4. The number of carboxylic acid groups (broad SMARTS) is 1. The Bertz CT molecular complexity index is 1210. The first-order chi connectivity index (χ1) is 20.0. The average molecular weight is 615 g/mol. The molecule has 2 heterocycles. The number of ketones is 1. The van der Waals surface area contributed by atoms with Crippen molar-refractivity contribution in [3.05, 3.63) is 29.6 Å². The Balaban J connectivity index is 2.29. The van der Waals surface area contributed by atoms with Gasteiger partial charge in [-0.2, -0.15) is 13.2 Å². The molecule has 0 saturated carbocycles. The van der Waals surface area contributed by atoms with E-state index in [-0.39, 0.29) is 36.4 Å². The number of amides is 5. The Hall–Kier alpha value is -4.24. The molecule has 0 aliphatic carbocycles. The SMILES string of the molecule is CC(C)CC(NC(=O)C(Cc1cccc(C(F)(F)F)n1)NC(=O)O)C(=O)NC(C[C@@H]1CCNC1=O)C(=O)C(=O)NC(C)C. The molecule has 2 rings (SSSR count). The van der Waals surface area contributed by atoms with Crippen molar-refractivity contribution in [1.82, 2.24) is 31.6 Å². The van der Waals surface area contributed by atoms with Crippen molar-refractivity contribution in [3.8, 4) is 0 Å². The van der Waals surface area contributed by atoms with Gasteiger partial charge >= 0.3 is 12.3 Å². The molecule has 3 unspecified atom stereocenters. The van der Waals surface area contributed by atoms with Gasteiger partial charge in [0.15, 0.2) is 0 Å². The number of hydrogen-bond acceptors (Lipinski definition) is 7. The van der Waals surface area contributed by atoms with Gasteiger partial charge in [-0.1, -0.05) is 19.9 Å². The molecule has 0 bridgehead atoms. The molecule has 43 heavy (non-hydrogen) atoms. The number of nitrogens with zero attached hydrogens (tertiary/aromatic N) is 1. The lowest BCUT2D eigenvalue weighted by molar-refractivity contribution is -0.141. The van der Waals surface area contributed by atoms with Crippen LogP contribution in [0.1, 0.15) is 58.3 Å². The van der Waals surface area contributed by atoms with Crippen LogP contribution in [0.3, 0.4) is 0 Å². The lowest BCUT2D eigenvalue weighted by Crippen LogP contribution is -2.57. The lowest BCUT2D eigenvalue weighted by Gasteiger charge is -2.26. The predicted octanol–water partition coefficient (Wildman–Crippen LogP) is 0.915. The second-order valence-electron chi connectivity index (χ2n) is 11.0. The van der Waals surface area contributed by atoms with Gasteiger partial charge in [0.2, 0.25) is 23.5 Å². The zero-order valence-corrected chi connectivity index (χ0v) is 24.2. The van der Waals surface area contributed by atoms with E-state index in [0.29, 0.717) is 13.0 Å². The molecule has 13 nitrogen and oxygen atoms in total. The van der Waals surface area contributed by atoms with Crippen molar-refractivity contribution in [3.63, 3.8) is 0 Å². The summed E-state index contributed by atoms with van der Waals surface area (Å²) in [4.78, 5) is 79.1. The Morgan fingerprint density at radius 2 is 1.60 bits per heavy atom. The molecule has 5 amide bonds. The van der Waals surface area contributed by atoms with Gasteiger partial charge in [-0.05, 0) is 51.2 Å². The van der Waals surface area contributed by atoms with E-state index in [0.717, 1.165) is 12.1 Å². The van der Waals surface area contributed by atoms with E-state index in [1.807, 2.05) is 5.32 Å². The van der Waals surface area contributed by atoms with Crippen LogP contribution in [-0.2, 0) is 36.6 Å². The molecule has 1 aliphatic heterocycles. The van der Waals surface area contributed by atoms with Gasteiger partial charge in [-0.15, -0.1) is 0 Å². The molecular weight excluding hydrogens is 577 g/mol. The van der Waals surface area contributed by atoms with Gasteiger partial charge in [-0.25, -0.2) is 9.78 Å². The third kappa shape index (κ3) is 11.2. The molecule has 1 saturated heterocycles. The first-order valence-electron chi connectivity index (χ1n) is 13.7. The molecular formula is C27H37F3N6O7. The van der Waals surface area contributed by atoms with Crippen molar-refractivity contribution in [2.45, 2.75) is 83.7 Å². The van der Waals surface area contributed by atoms with E-state index >= 15 is 0 Å². The van der Waals surface area contributed by atoms with Crippen LogP contribution in [0.4, 0.5) is 18.0 Å². The molecule has 0 spiro atoms. The molecule has 238 valence electrons. The van der Waals surface area contributed by atoms with Crippen molar-refractivity contribution >= 4 is 35.5 Å². The van der Waals surface area contributed by atoms with E-state index in [2.05, 4.69) is 26.3 Å². The van der Waals surface area contributed by atoms with Crippen LogP contribution >= 0.6 is 0 Å². The first kappa shape index (κ1) is 35.0. The first-order valence-corrected chi connectivity index (χ1v) is 13.7. The van der Waals surface area contributed by atoms with Crippen molar-refractivity contribution in [2.75, 3.05) is 6.54 Å². The summed E-state index contributed by atoms with van der Waals surface area (Å²) in [5.74, 6) is -5.05. The zero-order chi connectivity index (χ0) is 32.5. The number of carbonyl (C=O) groups is 6. The van der Waals surface area contributed by atoms with Crippen LogP contribution in [-0.4, -0.2) is 76.3 Å². The second kappa shape index (κ2) is 15.3. The minimum atomic E-state index is -4.77. The van der Waals surface area contributed by atoms with Crippen molar-refractivity contribution in [2.24, 2.45) is 11.8 Å². The Morgan fingerprint density at radius 3 is 2.14 bits per heavy atom. The van der Waals surface area contributed by atoms with Crippen LogP contribution in [0.25, 0.3) is 0 Å². The fraction of sp³-hybridized carbons (Fsp3) is 0.593. The second-order valence-corrected chi connectivity index (χ2v) is 11.0. The quantitative estimate of drug-likeness (QED) is 0.166. The van der Waals surface area contributed by atoms with Crippen LogP contribution in [0.15, 0.2) is 18.2 Å². The van der Waals surface area contributed by atoms with E-state index in [1.54, 1.807) is 27.7 Å². The number of aromatic nitrogens is 1. The number of rotatable bonds is 14. The van der Waals surface area contributed by atoms with Crippen LogP contribution in [0.2, 0.25) is 0 Å². The Labute approximate surface area is 246 Å². The smallest absolute Gasteiger partial charge is 0.433 e. The standard InChI is InChI=1S/C27H37F3N6O7/c1-13(2)10-18(23(39)34-17(11-15-8-9-31-22(15)38)21(37)25(41)32-14(3)4)35-24(40)19(36-26(42)43)12-16-6-5-7-20(33-16)27(28,29)30/h5-7,13-15,17-19,36H,8-12H2,1-4H3,(H,31,38)(H,32,41)(H,34,39)(H,35,40)(H,42,43)/t15-,17?,18?,19?/m0/s1. The van der Waals surface area contributed by atoms with E-state index in [4.69, 9.17) is 0 Å². The van der Waals surface area contributed by atoms with Gasteiger partial charge < -0.3 is 31.7 Å². The molecule has 1 fully saturated rings. The number of halogens is 3. The van der Waals surface area contributed by atoms with Gasteiger partial charge in [0.25, 0.3) is 5.91 Å². The number of hydrogen-bond donors (Lipinski definition) is 6. The Morgan fingerprint density at radius 1 is 0.977 bits per heavy atom. The van der Waals surface area contributed by atoms with Crippen molar-refractivity contribution in [1.29, 1.82) is 0 Å². The molecule has 6 N–H and O–H groups in total. The van der Waals surface area contributed by atoms with Crippen LogP contribution in [0, 0.1) is 11.8 Å². The maximum atomic E-state index is 13.4. The fourth-order valence-electron chi connectivity index (χ4n) is 4.44. The van der Waals surface area contributed by atoms with E-state index in [1.165, 1.54) is 6.07 Å². The predicted molar refractivity (Wildman–Crippen MR) is 145 cm³/mol. The summed E-state index contributed by atoms with van der Waals surface area (Å²) in [6, 6.07) is -1.79. The highest BCUT2D eigenvalue weighted by molar-refractivity contribution is 6.38. The fourth-order valence-corrected chi connectivity index (χ4v) is 4.44. The highest BCUT2D eigenvalue weighted by Gasteiger charge is 2.37. The largest absolute Gasteiger partial charge is 0.465 e. The highest BCUT2D eigenvalue weighted by Crippen LogP contribution is 2.27. The molecule has 1 aromatic rings. The molecule has 1 aromatic heterocycles. The van der Waals surface area contributed by atoms with Gasteiger partial charge in [0, 0.05) is 30.6 Å². The lowest BCUT2D eigenvalue weighted by atomic mass is 9.94. The van der Waals surface area contributed by atoms with Crippen molar-refractivity contribution < 1.29 is 47.0 Å². The topological polar surface area (TPSA) is 196 Å². The summed E-state index contributed by atoms with van der Waals surface area (Å²) < 4.78 is 39.3. The van der Waals surface area contributed by atoms with E-state index < -0.39 is 71.9 Å². The maximum Gasteiger partial charge on any atom is 0.433 e. The zero-order valence-electron chi connectivity index (χ0n) is 24.2. The highest BCUT2D eigenvalue weighted by atomic mass is 19.4. The van der Waals surface area contributed by atoms with Crippen LogP contribution < -0.4 is 26.6 Å². The summed E-state index contributed by atoms with van der Waals surface area (Å²) in [5.41, 5.74) is -1.46. The maximum absolute atomic E-state index is 13.4. The summed E-state index contributed by atoms with van der Waals surface area (Å²) in [5, 5.41) is 21.1. The number of pyridine rings is 1. The number of Topliss-reactive ketones (excluding diaryl/α,β-unsaturated/α-hetero) is 1. The third-order valence-electron chi connectivity index (χ3n) is 6.42. The average Bonchev–Trinajstić information content (AvgIpc) is 3.29. The van der Waals surface area contributed by atoms with E-state index in [9.17, 15) is 47.0 Å². The number of alkyl halides is 3. The minimum Gasteiger partial charge on any atom is -0.465 e. The molecule has 4 atom stereocenters. The van der Waals surface area contributed by atoms with Gasteiger partial charge in [-0.3, -0.25) is 24.0 Å². The minimum absolute atomic E-state index is 0.0161. The number of carbonyl (C=O) groups excluding carboxylic acids is 5. The summed E-state index contributed by atoms with van der Waals surface area (Å²) in [6.45, 7) is 7.09. The summed E-state index contributed by atoms with van der Waals surface area (Å²) >= 11 is 0. The number of nitrogens with one attached hydrogen (secondary N) is 5. The summed E-state index contributed by atoms with van der Waals surface area (Å²) in [6.07, 6.45) is -6.76. The molecule has 0 radical (unpaired) electrons. The molecule has 0 aromatic carbocycles. The normalized spacial score (nSPS) is 17.0. The van der Waals surface area contributed by atoms with Gasteiger partial charge in [0.05, 0.1) is 6.04 Å². The van der Waals surface area contributed by atoms with Crippen LogP contribution in [0.5, 0.6) is 0 Å². The molecule has 1 aliphatic rings. The summed E-state index contributed by atoms with van der Waals surface area (Å²) in [7, 11) is 0. The monoisotopic (exact) mass is 614 g/mol. The molecule has 16 heteroatoms. The third-order valence-corrected chi connectivity index (χ3v) is 6.42. The van der Waals surface area contributed by atoms with Gasteiger partial charge in [0.1, 0.15) is 17.8 Å².